The molecule has 1 aliphatic rings. The zero-order valence-electron chi connectivity index (χ0n) is 15.4. The van der Waals surface area contributed by atoms with E-state index in [-0.39, 0.29) is 35.9 Å². The average Bonchev–Trinajstić information content (AvgIpc) is 3.05. The lowest BCUT2D eigenvalue weighted by atomic mass is 9.98. The Bertz CT molecular complexity index is 574. The molecule has 25 heavy (non-hydrogen) atoms. The average molecular weight is 464 g/mol. The van der Waals surface area contributed by atoms with E-state index in [9.17, 15) is 4.79 Å². The molecule has 2 heterocycles. The Labute approximate surface area is 166 Å². The van der Waals surface area contributed by atoms with Gasteiger partial charge < -0.3 is 19.5 Å². The third kappa shape index (κ3) is 6.16. The summed E-state index contributed by atoms with van der Waals surface area (Å²) in [5.74, 6) is 1.68. The summed E-state index contributed by atoms with van der Waals surface area (Å²) >= 11 is 0. The quantitative estimate of drug-likeness (QED) is 0.313. The number of aliphatic imine (C=N–C) groups is 1. The van der Waals surface area contributed by atoms with Crippen molar-refractivity contribution in [3.63, 3.8) is 0 Å². The van der Waals surface area contributed by atoms with E-state index in [1.54, 1.807) is 7.05 Å². The van der Waals surface area contributed by atoms with Crippen LogP contribution in [-0.2, 0) is 16.1 Å². The zero-order chi connectivity index (χ0) is 17.5. The maximum atomic E-state index is 12.0. The Balaban J connectivity index is 0.00000312. The first kappa shape index (κ1) is 21.7. The maximum absolute atomic E-state index is 12.0. The molecule has 1 saturated heterocycles. The molecule has 0 aromatic carbocycles. The van der Waals surface area contributed by atoms with Crippen molar-refractivity contribution in [2.24, 2.45) is 10.9 Å². The van der Waals surface area contributed by atoms with Crippen molar-refractivity contribution in [2.75, 3.05) is 26.7 Å². The lowest BCUT2D eigenvalue weighted by molar-refractivity contribution is -0.149. The van der Waals surface area contributed by atoms with Gasteiger partial charge in [0.1, 0.15) is 0 Å². The molecule has 1 N–H and O–H groups in total. The molecule has 2 rings (SSSR count). The summed E-state index contributed by atoms with van der Waals surface area (Å²) in [6.45, 7) is 8.45. The van der Waals surface area contributed by atoms with Crippen LogP contribution in [0.2, 0.25) is 0 Å². The highest BCUT2D eigenvalue weighted by atomic mass is 127. The molecule has 1 aromatic heterocycles. The van der Waals surface area contributed by atoms with Gasteiger partial charge in [0.25, 0.3) is 0 Å². The molecule has 7 nitrogen and oxygen atoms in total. The standard InChI is InChI=1S/C17H28N4O3.HI/c1-5-23-16(22)13-7-6-8-21(11-13)17(18-4)19-10-14-9-15(12(2)3)20-24-14;/h9,12-13H,5-8,10-11H2,1-4H3,(H,18,19);1H. The summed E-state index contributed by atoms with van der Waals surface area (Å²) in [6.07, 6.45) is 1.82. The number of carbonyl (C=O) groups is 1. The van der Waals surface area contributed by atoms with Crippen LogP contribution < -0.4 is 5.32 Å². The highest BCUT2D eigenvalue weighted by Gasteiger charge is 2.28. The Morgan fingerprint density at radius 3 is 2.92 bits per heavy atom. The SMILES string of the molecule is CCOC(=O)C1CCCN(C(=NC)NCc2cc(C(C)C)no2)C1.I. The normalized spacial score (nSPS) is 18.0. The number of aromatic nitrogens is 1. The van der Waals surface area contributed by atoms with Gasteiger partial charge in [0.15, 0.2) is 11.7 Å². The number of guanidine groups is 1. The van der Waals surface area contributed by atoms with E-state index in [1.165, 1.54) is 0 Å². The molecule has 0 aliphatic carbocycles. The van der Waals surface area contributed by atoms with E-state index in [1.807, 2.05) is 13.0 Å². The van der Waals surface area contributed by atoms with E-state index in [2.05, 4.69) is 34.2 Å². The van der Waals surface area contributed by atoms with Gasteiger partial charge in [0.2, 0.25) is 0 Å². The second kappa shape index (κ2) is 10.6. The van der Waals surface area contributed by atoms with Gasteiger partial charge in [-0.25, -0.2) is 0 Å². The zero-order valence-corrected chi connectivity index (χ0v) is 17.8. The monoisotopic (exact) mass is 464 g/mol. The van der Waals surface area contributed by atoms with Crippen LogP contribution in [0, 0.1) is 5.92 Å². The van der Waals surface area contributed by atoms with Gasteiger partial charge in [0.05, 0.1) is 24.8 Å². The van der Waals surface area contributed by atoms with Gasteiger partial charge in [-0.3, -0.25) is 9.79 Å². The summed E-state index contributed by atoms with van der Waals surface area (Å²) in [4.78, 5) is 18.4. The molecule has 1 unspecified atom stereocenters. The van der Waals surface area contributed by atoms with E-state index in [4.69, 9.17) is 9.26 Å². The summed E-state index contributed by atoms with van der Waals surface area (Å²) in [5, 5.41) is 7.35. The van der Waals surface area contributed by atoms with E-state index in [0.29, 0.717) is 25.6 Å². The van der Waals surface area contributed by atoms with Gasteiger partial charge in [-0.2, -0.15) is 0 Å². The Hall–Kier alpha value is -1.32. The number of halogens is 1. The number of nitrogens with zero attached hydrogens (tertiary/aromatic N) is 3. The topological polar surface area (TPSA) is 80.0 Å². The summed E-state index contributed by atoms with van der Waals surface area (Å²) in [5.41, 5.74) is 0.946. The van der Waals surface area contributed by atoms with Crippen LogP contribution in [0.25, 0.3) is 0 Å². The van der Waals surface area contributed by atoms with Crippen molar-refractivity contribution in [1.82, 2.24) is 15.4 Å². The van der Waals surface area contributed by atoms with E-state index < -0.39 is 0 Å². The number of likely N-dealkylation sites (tertiary alicyclic amines) is 1. The van der Waals surface area contributed by atoms with E-state index >= 15 is 0 Å². The number of carbonyl (C=O) groups excluding carboxylic acids is 1. The molecule has 8 heteroatoms. The molecule has 0 saturated carbocycles. The number of rotatable bonds is 5. The van der Waals surface area contributed by atoms with Gasteiger partial charge in [-0.1, -0.05) is 19.0 Å². The van der Waals surface area contributed by atoms with Gasteiger partial charge in [-0.05, 0) is 25.7 Å². The summed E-state index contributed by atoms with van der Waals surface area (Å²) in [6, 6.07) is 1.96. The first-order chi connectivity index (χ1) is 11.5. The second-order valence-electron chi connectivity index (χ2n) is 6.31. The first-order valence-corrected chi connectivity index (χ1v) is 8.62. The van der Waals surface area contributed by atoms with Crippen LogP contribution in [0.4, 0.5) is 0 Å². The van der Waals surface area contributed by atoms with Gasteiger partial charge in [-0.15, -0.1) is 24.0 Å². The van der Waals surface area contributed by atoms with Crippen LogP contribution in [0.1, 0.15) is 51.0 Å². The summed E-state index contributed by atoms with van der Waals surface area (Å²) < 4.78 is 10.5. The lowest BCUT2D eigenvalue weighted by Gasteiger charge is -2.33. The molecule has 0 amide bonds. The minimum Gasteiger partial charge on any atom is -0.466 e. The Morgan fingerprint density at radius 1 is 1.56 bits per heavy atom. The molecule has 1 fully saturated rings. The first-order valence-electron chi connectivity index (χ1n) is 8.62. The lowest BCUT2D eigenvalue weighted by Crippen LogP contribution is -2.48. The molecule has 0 spiro atoms. The minimum atomic E-state index is -0.116. The van der Waals surface area contributed by atoms with Crippen molar-refractivity contribution in [1.29, 1.82) is 0 Å². The molecular formula is C17H29IN4O3. The van der Waals surface area contributed by atoms with Crippen LogP contribution in [-0.4, -0.2) is 48.7 Å². The molecule has 1 aromatic rings. The van der Waals surface area contributed by atoms with E-state index in [0.717, 1.165) is 36.8 Å². The van der Waals surface area contributed by atoms with Gasteiger partial charge >= 0.3 is 5.97 Å². The third-order valence-corrected chi connectivity index (χ3v) is 4.14. The van der Waals surface area contributed by atoms with Crippen molar-refractivity contribution in [2.45, 2.75) is 46.1 Å². The molecule has 0 bridgehead atoms. The molecule has 1 aliphatic heterocycles. The van der Waals surface area contributed by atoms with Crippen molar-refractivity contribution >= 4 is 35.9 Å². The predicted molar refractivity (Wildman–Crippen MR) is 107 cm³/mol. The molecular weight excluding hydrogens is 435 g/mol. The van der Waals surface area contributed by atoms with Crippen LogP contribution in [0.15, 0.2) is 15.6 Å². The second-order valence-corrected chi connectivity index (χ2v) is 6.31. The van der Waals surface area contributed by atoms with Gasteiger partial charge in [0, 0.05) is 26.2 Å². The predicted octanol–water partition coefficient (Wildman–Crippen LogP) is 2.77. The number of piperidine rings is 1. The van der Waals surface area contributed by atoms with Crippen molar-refractivity contribution < 1.29 is 14.1 Å². The number of ether oxygens (including phenoxy) is 1. The highest BCUT2D eigenvalue weighted by Crippen LogP contribution is 2.18. The smallest absolute Gasteiger partial charge is 0.310 e. The van der Waals surface area contributed by atoms with Crippen LogP contribution in [0.3, 0.4) is 0 Å². The molecule has 142 valence electrons. The summed E-state index contributed by atoms with van der Waals surface area (Å²) in [7, 11) is 1.75. The van der Waals surface area contributed by atoms with Crippen LogP contribution >= 0.6 is 24.0 Å². The number of hydrogen-bond acceptors (Lipinski definition) is 5. The van der Waals surface area contributed by atoms with Crippen molar-refractivity contribution in [3.05, 3.63) is 17.5 Å². The minimum absolute atomic E-state index is 0. The fourth-order valence-corrected chi connectivity index (χ4v) is 2.80. The Morgan fingerprint density at radius 2 is 2.32 bits per heavy atom. The number of nitrogens with one attached hydrogen (secondary N) is 1. The molecule has 0 radical (unpaired) electrons. The number of hydrogen-bond donors (Lipinski definition) is 1. The van der Waals surface area contributed by atoms with Crippen LogP contribution in [0.5, 0.6) is 0 Å². The fourth-order valence-electron chi connectivity index (χ4n) is 2.80. The maximum Gasteiger partial charge on any atom is 0.310 e. The fraction of sp³-hybridized carbons (Fsp3) is 0.706. The largest absolute Gasteiger partial charge is 0.466 e. The number of esters is 1. The van der Waals surface area contributed by atoms with Crippen molar-refractivity contribution in [3.8, 4) is 0 Å². The Kier molecular flexibility index (Phi) is 9.23. The molecule has 1 atom stereocenters. The third-order valence-electron chi connectivity index (χ3n) is 4.14. The highest BCUT2D eigenvalue weighted by molar-refractivity contribution is 14.0.